The summed E-state index contributed by atoms with van der Waals surface area (Å²) in [5.74, 6) is 0.0160. The summed E-state index contributed by atoms with van der Waals surface area (Å²) >= 11 is 0. The number of carbonyl (C=O) groups excluding carboxylic acids is 1. The maximum atomic E-state index is 12.2. The summed E-state index contributed by atoms with van der Waals surface area (Å²) in [6.45, 7) is 2.29. The molecule has 1 heterocycles. The molecule has 2 aromatic rings. The molecule has 1 aromatic carbocycles. The monoisotopic (exact) mass is 269 g/mol. The van der Waals surface area contributed by atoms with Crippen molar-refractivity contribution in [3.05, 3.63) is 42.2 Å². The van der Waals surface area contributed by atoms with Gasteiger partial charge in [-0.1, -0.05) is 24.3 Å². The van der Waals surface area contributed by atoms with Gasteiger partial charge in [0.25, 0.3) is 0 Å². The lowest BCUT2D eigenvalue weighted by atomic mass is 10.1. The number of aromatic nitrogens is 1. The first-order chi connectivity index (χ1) is 9.66. The zero-order chi connectivity index (χ0) is 14.1. The Kier molecular flexibility index (Phi) is 3.40. The largest absolute Gasteiger partial charge is 0.332 e. The Bertz CT molecular complexity index is 629. The molecule has 1 atom stereocenters. The van der Waals surface area contributed by atoms with Crippen molar-refractivity contribution in [1.82, 2.24) is 9.88 Å². The van der Waals surface area contributed by atoms with E-state index in [1.807, 2.05) is 23.1 Å². The van der Waals surface area contributed by atoms with Crippen LogP contribution in [0.3, 0.4) is 0 Å². The number of nitrogens with zero attached hydrogens (tertiary/aromatic N) is 2. The van der Waals surface area contributed by atoms with Gasteiger partial charge in [-0.25, -0.2) is 0 Å². The average molecular weight is 269 g/mol. The first-order valence-electron chi connectivity index (χ1n) is 7.05. The van der Waals surface area contributed by atoms with E-state index in [0.717, 1.165) is 29.3 Å². The van der Waals surface area contributed by atoms with E-state index in [0.29, 0.717) is 12.6 Å². The molecule has 4 nitrogen and oxygen atoms in total. The quantitative estimate of drug-likeness (QED) is 0.924. The normalized spacial score (nSPS) is 16.1. The van der Waals surface area contributed by atoms with Crippen LogP contribution in [0.1, 0.15) is 25.5 Å². The molecule has 20 heavy (non-hydrogen) atoms. The van der Waals surface area contributed by atoms with E-state index < -0.39 is 6.04 Å². The maximum Gasteiger partial charge on any atom is 0.239 e. The molecule has 0 unspecified atom stereocenters. The number of nitrogens with two attached hydrogens (primary N) is 1. The van der Waals surface area contributed by atoms with E-state index in [-0.39, 0.29) is 5.91 Å². The van der Waals surface area contributed by atoms with Gasteiger partial charge in [0.1, 0.15) is 0 Å². The number of hydrogen-bond donors (Lipinski definition) is 1. The highest BCUT2D eigenvalue weighted by Gasteiger charge is 2.34. The fourth-order valence-corrected chi connectivity index (χ4v) is 2.50. The van der Waals surface area contributed by atoms with Gasteiger partial charge in [0.15, 0.2) is 0 Å². The molecule has 4 heteroatoms. The van der Waals surface area contributed by atoms with Crippen molar-refractivity contribution in [2.75, 3.05) is 0 Å². The highest BCUT2D eigenvalue weighted by Crippen LogP contribution is 2.29. The second kappa shape index (κ2) is 5.21. The third-order valence-electron chi connectivity index (χ3n) is 3.74. The number of amides is 1. The Balaban J connectivity index is 1.92. The highest BCUT2D eigenvalue weighted by atomic mass is 16.2. The van der Waals surface area contributed by atoms with Gasteiger partial charge in [-0.05, 0) is 31.2 Å². The minimum absolute atomic E-state index is 0.0160. The third kappa shape index (κ3) is 2.51. The number of pyridine rings is 1. The van der Waals surface area contributed by atoms with Crippen molar-refractivity contribution in [3.63, 3.8) is 0 Å². The zero-order valence-electron chi connectivity index (χ0n) is 11.6. The van der Waals surface area contributed by atoms with Crippen molar-refractivity contribution < 1.29 is 4.79 Å². The van der Waals surface area contributed by atoms with Gasteiger partial charge in [-0.3, -0.25) is 9.78 Å². The molecule has 0 spiro atoms. The minimum atomic E-state index is -0.453. The molecule has 1 aliphatic carbocycles. The van der Waals surface area contributed by atoms with Gasteiger partial charge in [0, 0.05) is 17.6 Å². The predicted molar refractivity (Wildman–Crippen MR) is 79.0 cm³/mol. The van der Waals surface area contributed by atoms with E-state index >= 15 is 0 Å². The van der Waals surface area contributed by atoms with Gasteiger partial charge < -0.3 is 10.6 Å². The lowest BCUT2D eigenvalue weighted by Crippen LogP contribution is -2.43. The van der Waals surface area contributed by atoms with E-state index in [1.54, 1.807) is 13.1 Å². The smallest absolute Gasteiger partial charge is 0.239 e. The van der Waals surface area contributed by atoms with Crippen LogP contribution < -0.4 is 5.73 Å². The van der Waals surface area contributed by atoms with Crippen molar-refractivity contribution >= 4 is 16.7 Å². The minimum Gasteiger partial charge on any atom is -0.332 e. The van der Waals surface area contributed by atoms with Crippen LogP contribution in [-0.2, 0) is 11.3 Å². The van der Waals surface area contributed by atoms with Crippen molar-refractivity contribution in [3.8, 4) is 0 Å². The van der Waals surface area contributed by atoms with Crippen molar-refractivity contribution in [2.45, 2.75) is 38.4 Å². The topological polar surface area (TPSA) is 59.2 Å². The number of rotatable bonds is 4. The third-order valence-corrected chi connectivity index (χ3v) is 3.74. The number of fused-ring (bicyclic) bond motifs is 1. The number of hydrogen-bond acceptors (Lipinski definition) is 3. The Labute approximate surface area is 118 Å². The molecule has 104 valence electrons. The fourth-order valence-electron chi connectivity index (χ4n) is 2.50. The first-order valence-corrected chi connectivity index (χ1v) is 7.05. The SMILES string of the molecule is C[C@H](N)C(=O)N(Cc1nccc2ccccc12)C1CC1. The molecule has 3 rings (SSSR count). The molecule has 1 aliphatic rings. The molecule has 1 fully saturated rings. The van der Waals surface area contributed by atoms with E-state index in [2.05, 4.69) is 17.1 Å². The van der Waals surface area contributed by atoms with Crippen LogP contribution in [0.4, 0.5) is 0 Å². The Morgan fingerprint density at radius 2 is 2.15 bits per heavy atom. The summed E-state index contributed by atoms with van der Waals surface area (Å²) in [7, 11) is 0. The molecule has 0 bridgehead atoms. The van der Waals surface area contributed by atoms with Crippen LogP contribution in [0.2, 0.25) is 0 Å². The van der Waals surface area contributed by atoms with Crippen LogP contribution in [0, 0.1) is 0 Å². The van der Waals surface area contributed by atoms with Crippen molar-refractivity contribution in [1.29, 1.82) is 0 Å². The van der Waals surface area contributed by atoms with Crippen LogP contribution >= 0.6 is 0 Å². The molecule has 1 aromatic heterocycles. The zero-order valence-corrected chi connectivity index (χ0v) is 11.6. The fraction of sp³-hybridized carbons (Fsp3) is 0.375. The Morgan fingerprint density at radius 3 is 2.85 bits per heavy atom. The molecular weight excluding hydrogens is 250 g/mol. The van der Waals surface area contributed by atoms with Crippen LogP contribution in [0.5, 0.6) is 0 Å². The lowest BCUT2D eigenvalue weighted by molar-refractivity contribution is -0.133. The summed E-state index contributed by atoms with van der Waals surface area (Å²) in [5.41, 5.74) is 6.71. The van der Waals surface area contributed by atoms with Gasteiger partial charge in [0.05, 0.1) is 18.3 Å². The summed E-state index contributed by atoms with van der Waals surface area (Å²) in [6, 6.07) is 10.0. The Morgan fingerprint density at radius 1 is 1.40 bits per heavy atom. The maximum absolute atomic E-state index is 12.2. The Hall–Kier alpha value is -1.94. The highest BCUT2D eigenvalue weighted by molar-refractivity contribution is 5.85. The van der Waals surface area contributed by atoms with Gasteiger partial charge in [0.2, 0.25) is 5.91 Å². The molecule has 0 aliphatic heterocycles. The average Bonchev–Trinajstić information content (AvgIpc) is 3.28. The second-order valence-corrected chi connectivity index (χ2v) is 5.46. The van der Waals surface area contributed by atoms with Crippen molar-refractivity contribution in [2.24, 2.45) is 5.73 Å². The molecular formula is C16H19N3O. The molecule has 2 N–H and O–H groups in total. The predicted octanol–water partition coefficient (Wildman–Crippen LogP) is 2.07. The van der Waals surface area contributed by atoms with E-state index in [4.69, 9.17) is 5.73 Å². The summed E-state index contributed by atoms with van der Waals surface area (Å²) in [5, 5.41) is 2.26. The number of carbonyl (C=O) groups is 1. The summed E-state index contributed by atoms with van der Waals surface area (Å²) < 4.78 is 0. The van der Waals surface area contributed by atoms with E-state index in [1.165, 1.54) is 0 Å². The van der Waals surface area contributed by atoms with E-state index in [9.17, 15) is 4.79 Å². The van der Waals surface area contributed by atoms with Crippen LogP contribution in [0.15, 0.2) is 36.5 Å². The molecule has 0 radical (unpaired) electrons. The van der Waals surface area contributed by atoms with Crippen LogP contribution in [-0.4, -0.2) is 27.9 Å². The van der Waals surface area contributed by atoms with Crippen LogP contribution in [0.25, 0.3) is 10.8 Å². The summed E-state index contributed by atoms with van der Waals surface area (Å²) in [6.07, 6.45) is 3.95. The second-order valence-electron chi connectivity index (χ2n) is 5.46. The standard InChI is InChI=1S/C16H19N3O/c1-11(17)16(20)19(13-6-7-13)10-15-14-5-3-2-4-12(14)8-9-18-15/h2-5,8-9,11,13H,6-7,10,17H2,1H3/t11-/m0/s1. The van der Waals surface area contributed by atoms with Gasteiger partial charge in [-0.2, -0.15) is 0 Å². The number of benzene rings is 1. The molecule has 0 saturated heterocycles. The lowest BCUT2D eigenvalue weighted by Gasteiger charge is -2.24. The van der Waals surface area contributed by atoms with Gasteiger partial charge in [-0.15, -0.1) is 0 Å². The van der Waals surface area contributed by atoms with Gasteiger partial charge >= 0.3 is 0 Å². The summed E-state index contributed by atoms with van der Waals surface area (Å²) in [4.78, 5) is 18.6. The molecule has 1 amide bonds. The first kappa shape index (κ1) is 13.1. The molecule has 1 saturated carbocycles.